The monoisotopic (exact) mass is 393 g/mol. The Balaban J connectivity index is 2.36. The van der Waals surface area contributed by atoms with E-state index in [-0.39, 0.29) is 24.7 Å². The molecule has 0 unspecified atom stereocenters. The third-order valence-corrected chi connectivity index (χ3v) is 5.65. The number of aliphatic hydroxyl groups is 1. The number of halogens is 2. The van der Waals surface area contributed by atoms with Crippen LogP contribution in [0.1, 0.15) is 43.0 Å². The fraction of sp³-hybridized carbons (Fsp3) is 0.474. The molecule has 5 nitrogen and oxygen atoms in total. The highest BCUT2D eigenvalue weighted by Gasteiger charge is 2.33. The number of rotatable bonds is 3. The van der Waals surface area contributed by atoms with Gasteiger partial charge in [0.15, 0.2) is 0 Å². The molecule has 0 radical (unpaired) electrons. The fourth-order valence-electron chi connectivity index (χ4n) is 4.02. The molecule has 1 amide bonds. The van der Waals surface area contributed by atoms with Crippen LogP contribution >= 0.6 is 23.2 Å². The average Bonchev–Trinajstić information content (AvgIpc) is 2.70. The molecule has 2 N–H and O–H groups in total. The van der Waals surface area contributed by atoms with Crippen molar-refractivity contribution in [3.8, 4) is 6.07 Å². The van der Waals surface area contributed by atoms with E-state index in [9.17, 15) is 15.2 Å². The maximum atomic E-state index is 12.3. The molecule has 0 saturated carbocycles. The second-order valence-electron chi connectivity index (χ2n) is 7.51. The average molecular weight is 394 g/mol. The maximum absolute atomic E-state index is 12.3. The number of fused-ring (bicyclic) bond motifs is 3. The van der Waals surface area contributed by atoms with Crippen LogP contribution in [0.2, 0.25) is 10.0 Å². The zero-order valence-electron chi connectivity index (χ0n) is 15.0. The van der Waals surface area contributed by atoms with Crippen molar-refractivity contribution < 1.29 is 9.90 Å². The van der Waals surface area contributed by atoms with Gasteiger partial charge in [0.25, 0.3) is 0 Å². The Hall–Kier alpha value is -1.74. The summed E-state index contributed by atoms with van der Waals surface area (Å²) < 4.78 is 1.97. The van der Waals surface area contributed by atoms with Crippen molar-refractivity contribution >= 4 is 40.0 Å². The molecule has 7 heteroatoms. The molecule has 0 bridgehead atoms. The van der Waals surface area contributed by atoms with Gasteiger partial charge in [-0.3, -0.25) is 4.79 Å². The number of amides is 1. The summed E-state index contributed by atoms with van der Waals surface area (Å²) in [5.74, 6) is -0.149. The molecule has 2 heterocycles. The van der Waals surface area contributed by atoms with E-state index in [1.807, 2.05) is 11.6 Å². The summed E-state index contributed by atoms with van der Waals surface area (Å²) in [4.78, 5) is 12.3. The Kier molecular flexibility index (Phi) is 4.96. The summed E-state index contributed by atoms with van der Waals surface area (Å²) >= 11 is 12.8. The molecule has 2 aromatic rings. The van der Waals surface area contributed by atoms with Crippen LogP contribution in [0.3, 0.4) is 0 Å². The maximum Gasteiger partial charge on any atom is 0.224 e. The molecule has 1 aliphatic rings. The Labute approximate surface area is 162 Å². The van der Waals surface area contributed by atoms with Gasteiger partial charge in [0.1, 0.15) is 0 Å². The number of benzene rings is 1. The van der Waals surface area contributed by atoms with Crippen molar-refractivity contribution in [1.82, 2.24) is 9.88 Å². The topological polar surface area (TPSA) is 78.0 Å². The molecule has 0 aliphatic carbocycles. The molecule has 0 fully saturated rings. The van der Waals surface area contributed by atoms with Gasteiger partial charge in [0.05, 0.1) is 40.1 Å². The van der Waals surface area contributed by atoms with Crippen LogP contribution in [-0.2, 0) is 24.7 Å². The van der Waals surface area contributed by atoms with Crippen LogP contribution in [0, 0.1) is 11.3 Å². The predicted octanol–water partition coefficient (Wildman–Crippen LogP) is 3.47. The number of hydrogen-bond acceptors (Lipinski definition) is 3. The summed E-state index contributed by atoms with van der Waals surface area (Å²) in [5.41, 5.74) is 2.46. The first kappa shape index (κ1) is 19.0. The lowest BCUT2D eigenvalue weighted by atomic mass is 9.88. The standard InChI is InChI=1S/C19H21Cl2N3O2/c1-19(2,26)8-11-9-23-14(25)7-12-15-10(4-5-22)6-13(20)16(21)18(15)24(3)17(11)12/h6,11,26H,4,7-9H2,1-3H3,(H,23,25)/t11-/m1/s1. The summed E-state index contributed by atoms with van der Waals surface area (Å²) in [6, 6.07) is 3.88. The third kappa shape index (κ3) is 3.29. The van der Waals surface area contributed by atoms with Crippen LogP contribution in [0.4, 0.5) is 0 Å². The highest BCUT2D eigenvalue weighted by Crippen LogP contribution is 2.42. The third-order valence-electron chi connectivity index (χ3n) is 4.87. The zero-order valence-corrected chi connectivity index (χ0v) is 16.5. The Morgan fingerprint density at radius 1 is 1.46 bits per heavy atom. The molecule has 26 heavy (non-hydrogen) atoms. The van der Waals surface area contributed by atoms with Crippen molar-refractivity contribution in [3.63, 3.8) is 0 Å². The smallest absolute Gasteiger partial charge is 0.224 e. The molecule has 1 aromatic carbocycles. The first-order valence-electron chi connectivity index (χ1n) is 8.48. The number of hydrogen-bond donors (Lipinski definition) is 2. The number of carbonyl (C=O) groups is 1. The first-order chi connectivity index (χ1) is 12.1. The molecule has 1 aliphatic heterocycles. The Bertz CT molecular complexity index is 935. The van der Waals surface area contributed by atoms with Crippen LogP contribution < -0.4 is 5.32 Å². The minimum atomic E-state index is -0.885. The lowest BCUT2D eigenvalue weighted by Gasteiger charge is -2.25. The molecular weight excluding hydrogens is 373 g/mol. The van der Waals surface area contributed by atoms with E-state index in [1.165, 1.54) is 0 Å². The number of nitrogens with one attached hydrogen (secondary N) is 1. The van der Waals surface area contributed by atoms with E-state index in [1.54, 1.807) is 19.9 Å². The van der Waals surface area contributed by atoms with Gasteiger partial charge < -0.3 is 15.0 Å². The molecule has 0 saturated heterocycles. The van der Waals surface area contributed by atoms with Gasteiger partial charge in [-0.15, -0.1) is 0 Å². The largest absolute Gasteiger partial charge is 0.390 e. The molecule has 3 rings (SSSR count). The number of nitrogens with zero attached hydrogens (tertiary/aromatic N) is 2. The lowest BCUT2D eigenvalue weighted by molar-refractivity contribution is -0.120. The highest BCUT2D eigenvalue weighted by molar-refractivity contribution is 6.45. The highest BCUT2D eigenvalue weighted by atomic mass is 35.5. The van der Waals surface area contributed by atoms with E-state index in [4.69, 9.17) is 23.2 Å². The molecular formula is C19H21Cl2N3O2. The number of aromatic nitrogens is 1. The van der Waals surface area contributed by atoms with Crippen molar-refractivity contribution in [2.45, 2.75) is 44.6 Å². The molecule has 1 atom stereocenters. The van der Waals surface area contributed by atoms with Crippen molar-refractivity contribution in [1.29, 1.82) is 5.26 Å². The lowest BCUT2D eigenvalue weighted by Crippen LogP contribution is -2.31. The van der Waals surface area contributed by atoms with Gasteiger partial charge in [0, 0.05) is 30.6 Å². The van der Waals surface area contributed by atoms with E-state index in [2.05, 4.69) is 11.4 Å². The van der Waals surface area contributed by atoms with Crippen molar-refractivity contribution in [3.05, 3.63) is 32.9 Å². The number of nitriles is 1. The second-order valence-corrected chi connectivity index (χ2v) is 8.29. The van der Waals surface area contributed by atoms with E-state index >= 15 is 0 Å². The number of carbonyl (C=O) groups excluding carboxylic acids is 1. The number of aryl methyl sites for hydroxylation is 1. The minimum Gasteiger partial charge on any atom is -0.390 e. The minimum absolute atomic E-state index is 0.0707. The van der Waals surface area contributed by atoms with Gasteiger partial charge in [-0.05, 0) is 37.5 Å². The SMILES string of the molecule is Cn1c2c(c3c(CC#N)cc(Cl)c(Cl)c31)CC(=O)NC[C@H]2CC(C)(C)O. The van der Waals surface area contributed by atoms with Gasteiger partial charge in [0.2, 0.25) is 5.91 Å². The van der Waals surface area contributed by atoms with Gasteiger partial charge in [-0.1, -0.05) is 23.2 Å². The van der Waals surface area contributed by atoms with Crippen molar-refractivity contribution in [2.24, 2.45) is 7.05 Å². The summed E-state index contributed by atoms with van der Waals surface area (Å²) in [6.45, 7) is 3.96. The van der Waals surface area contributed by atoms with Gasteiger partial charge in [-0.25, -0.2) is 0 Å². The van der Waals surface area contributed by atoms with E-state index in [0.717, 1.165) is 27.7 Å². The quantitative estimate of drug-likeness (QED) is 0.837. The van der Waals surface area contributed by atoms with E-state index in [0.29, 0.717) is 23.0 Å². The first-order valence-corrected chi connectivity index (χ1v) is 9.23. The van der Waals surface area contributed by atoms with Crippen molar-refractivity contribution in [2.75, 3.05) is 6.54 Å². The second kappa shape index (κ2) is 6.77. The zero-order chi connectivity index (χ0) is 19.2. The predicted molar refractivity (Wildman–Crippen MR) is 103 cm³/mol. The Morgan fingerprint density at radius 2 is 2.15 bits per heavy atom. The molecule has 138 valence electrons. The summed E-state index contributed by atoms with van der Waals surface area (Å²) in [7, 11) is 1.90. The van der Waals surface area contributed by atoms with Crippen LogP contribution in [0.15, 0.2) is 6.07 Å². The van der Waals surface area contributed by atoms with Crippen LogP contribution in [0.25, 0.3) is 10.9 Å². The fourth-order valence-corrected chi connectivity index (χ4v) is 4.52. The summed E-state index contributed by atoms with van der Waals surface area (Å²) in [5, 5.41) is 24.1. The molecule has 1 aromatic heterocycles. The van der Waals surface area contributed by atoms with Gasteiger partial charge >= 0.3 is 0 Å². The molecule has 0 spiro atoms. The summed E-state index contributed by atoms with van der Waals surface area (Å²) in [6.07, 6.45) is 0.885. The van der Waals surface area contributed by atoms with Gasteiger partial charge in [-0.2, -0.15) is 5.26 Å². The Morgan fingerprint density at radius 3 is 2.77 bits per heavy atom. The van der Waals surface area contributed by atoms with Crippen LogP contribution in [-0.4, -0.2) is 27.7 Å². The normalized spacial score (nSPS) is 17.6. The van der Waals surface area contributed by atoms with E-state index < -0.39 is 5.60 Å². The van der Waals surface area contributed by atoms with Crippen LogP contribution in [0.5, 0.6) is 0 Å².